The molecule has 5 heteroatoms. The molecule has 0 radical (unpaired) electrons. The summed E-state index contributed by atoms with van der Waals surface area (Å²) in [7, 11) is 0. The van der Waals surface area contributed by atoms with Crippen LogP contribution in [0.3, 0.4) is 0 Å². The van der Waals surface area contributed by atoms with Crippen molar-refractivity contribution in [1.82, 2.24) is 4.57 Å². The molecule has 0 aliphatic heterocycles. The lowest BCUT2D eigenvalue weighted by atomic mass is 10.0. The van der Waals surface area contributed by atoms with E-state index >= 15 is 0 Å². The molecule has 0 fully saturated rings. The van der Waals surface area contributed by atoms with E-state index in [9.17, 15) is 4.79 Å². The minimum absolute atomic E-state index is 0.171. The quantitative estimate of drug-likeness (QED) is 0.391. The molecule has 5 nitrogen and oxygen atoms in total. The van der Waals surface area contributed by atoms with Gasteiger partial charge in [-0.05, 0) is 49.6 Å². The SMILES string of the molecule is Cc1cccc(C)c1Cn1c(C)ccc(/C(N)=N/O)c1=O. The van der Waals surface area contributed by atoms with Crippen molar-refractivity contribution in [1.29, 1.82) is 0 Å². The maximum Gasteiger partial charge on any atom is 0.262 e. The highest BCUT2D eigenvalue weighted by Crippen LogP contribution is 2.15. The van der Waals surface area contributed by atoms with Gasteiger partial charge in [-0.1, -0.05) is 23.4 Å². The first kappa shape index (κ1) is 14.8. The number of pyridine rings is 1. The van der Waals surface area contributed by atoms with Crippen LogP contribution in [0.25, 0.3) is 0 Å². The molecule has 1 aromatic carbocycles. The summed E-state index contributed by atoms with van der Waals surface area (Å²) in [6.45, 7) is 6.38. The summed E-state index contributed by atoms with van der Waals surface area (Å²) in [6, 6.07) is 9.42. The van der Waals surface area contributed by atoms with Crippen LogP contribution in [0.1, 0.15) is 27.9 Å². The van der Waals surface area contributed by atoms with Crippen molar-refractivity contribution >= 4 is 5.84 Å². The Morgan fingerprint density at radius 2 is 1.81 bits per heavy atom. The molecule has 0 aliphatic carbocycles. The Morgan fingerprint density at radius 3 is 2.38 bits per heavy atom. The standard InChI is InChI=1S/C16H19N3O2/c1-10-5-4-6-11(2)14(10)9-19-12(3)7-8-13(16(19)20)15(17)18-21/h4-8,21H,9H2,1-3H3,(H2,17,18). The van der Waals surface area contributed by atoms with E-state index in [2.05, 4.69) is 5.16 Å². The van der Waals surface area contributed by atoms with Crippen LogP contribution in [-0.4, -0.2) is 15.6 Å². The fourth-order valence-corrected chi connectivity index (χ4v) is 2.37. The number of aromatic nitrogens is 1. The number of aryl methyl sites for hydroxylation is 3. The Kier molecular flexibility index (Phi) is 4.12. The molecule has 0 unspecified atom stereocenters. The number of benzene rings is 1. The predicted molar refractivity (Wildman–Crippen MR) is 83.0 cm³/mol. The molecule has 2 rings (SSSR count). The van der Waals surface area contributed by atoms with Gasteiger partial charge in [-0.25, -0.2) is 0 Å². The molecular weight excluding hydrogens is 266 g/mol. The molecule has 0 atom stereocenters. The van der Waals surface area contributed by atoms with Gasteiger partial charge in [0.25, 0.3) is 5.56 Å². The topological polar surface area (TPSA) is 80.6 Å². The lowest BCUT2D eigenvalue weighted by Gasteiger charge is -2.15. The van der Waals surface area contributed by atoms with E-state index in [0.717, 1.165) is 22.4 Å². The number of nitrogens with zero attached hydrogens (tertiary/aromatic N) is 2. The highest BCUT2D eigenvalue weighted by molar-refractivity contribution is 5.96. The van der Waals surface area contributed by atoms with Gasteiger partial charge in [-0.15, -0.1) is 0 Å². The molecule has 0 spiro atoms. The van der Waals surface area contributed by atoms with Gasteiger partial charge >= 0.3 is 0 Å². The third-order valence-corrected chi connectivity index (χ3v) is 3.74. The van der Waals surface area contributed by atoms with Crippen LogP contribution in [0.5, 0.6) is 0 Å². The lowest BCUT2D eigenvalue weighted by Crippen LogP contribution is -2.31. The molecule has 0 saturated heterocycles. The second-order valence-electron chi connectivity index (χ2n) is 5.14. The second kappa shape index (κ2) is 5.83. The highest BCUT2D eigenvalue weighted by Gasteiger charge is 2.12. The van der Waals surface area contributed by atoms with Crippen LogP contribution in [0.15, 0.2) is 40.3 Å². The zero-order valence-electron chi connectivity index (χ0n) is 12.4. The summed E-state index contributed by atoms with van der Waals surface area (Å²) in [6.07, 6.45) is 0. The molecule has 1 heterocycles. The zero-order chi connectivity index (χ0) is 15.6. The van der Waals surface area contributed by atoms with Crippen LogP contribution < -0.4 is 11.3 Å². The van der Waals surface area contributed by atoms with Gasteiger partial charge in [-0.2, -0.15) is 0 Å². The van der Waals surface area contributed by atoms with Crippen molar-refractivity contribution in [3.8, 4) is 0 Å². The van der Waals surface area contributed by atoms with Gasteiger partial charge < -0.3 is 15.5 Å². The van der Waals surface area contributed by atoms with E-state index in [1.165, 1.54) is 0 Å². The van der Waals surface area contributed by atoms with Crippen molar-refractivity contribution in [2.45, 2.75) is 27.3 Å². The predicted octanol–water partition coefficient (Wildman–Crippen LogP) is 1.92. The normalized spacial score (nSPS) is 11.7. The number of rotatable bonds is 3. The monoisotopic (exact) mass is 285 g/mol. The third-order valence-electron chi connectivity index (χ3n) is 3.74. The first-order chi connectivity index (χ1) is 9.95. The largest absolute Gasteiger partial charge is 0.409 e. The van der Waals surface area contributed by atoms with E-state index in [4.69, 9.17) is 10.9 Å². The molecule has 0 aliphatic rings. The van der Waals surface area contributed by atoms with E-state index < -0.39 is 0 Å². The van der Waals surface area contributed by atoms with Crippen molar-refractivity contribution in [2.75, 3.05) is 0 Å². The number of amidine groups is 1. The molecule has 0 saturated carbocycles. The summed E-state index contributed by atoms with van der Waals surface area (Å²) in [5.74, 6) is -0.171. The van der Waals surface area contributed by atoms with Crippen molar-refractivity contribution in [3.05, 3.63) is 68.6 Å². The van der Waals surface area contributed by atoms with Gasteiger partial charge in [-0.3, -0.25) is 4.79 Å². The minimum Gasteiger partial charge on any atom is -0.409 e. The smallest absolute Gasteiger partial charge is 0.262 e. The number of nitrogens with two attached hydrogens (primary N) is 1. The van der Waals surface area contributed by atoms with Gasteiger partial charge in [0.2, 0.25) is 0 Å². The molecule has 3 N–H and O–H groups in total. The molecular formula is C16H19N3O2. The van der Waals surface area contributed by atoms with Crippen LogP contribution in [0, 0.1) is 20.8 Å². The second-order valence-corrected chi connectivity index (χ2v) is 5.14. The maximum absolute atomic E-state index is 12.5. The van der Waals surface area contributed by atoms with Gasteiger partial charge in [0.15, 0.2) is 5.84 Å². The number of oxime groups is 1. The Bertz CT molecular complexity index is 740. The Balaban J connectivity index is 2.57. The van der Waals surface area contributed by atoms with Crippen molar-refractivity contribution in [3.63, 3.8) is 0 Å². The maximum atomic E-state index is 12.5. The molecule has 1 aromatic heterocycles. The Morgan fingerprint density at radius 1 is 1.19 bits per heavy atom. The fraction of sp³-hybridized carbons (Fsp3) is 0.250. The third kappa shape index (κ3) is 2.81. The van der Waals surface area contributed by atoms with E-state index in [0.29, 0.717) is 6.54 Å². The van der Waals surface area contributed by atoms with Crippen LogP contribution >= 0.6 is 0 Å². The van der Waals surface area contributed by atoms with E-state index in [1.54, 1.807) is 16.7 Å². The molecule has 0 amide bonds. The molecule has 110 valence electrons. The highest BCUT2D eigenvalue weighted by atomic mass is 16.4. The average Bonchev–Trinajstić information content (AvgIpc) is 2.45. The van der Waals surface area contributed by atoms with Crippen LogP contribution in [0.2, 0.25) is 0 Å². The van der Waals surface area contributed by atoms with E-state index in [-0.39, 0.29) is 17.0 Å². The zero-order valence-corrected chi connectivity index (χ0v) is 12.4. The first-order valence-electron chi connectivity index (χ1n) is 6.69. The van der Waals surface area contributed by atoms with Gasteiger partial charge in [0.1, 0.15) is 0 Å². The summed E-state index contributed by atoms with van der Waals surface area (Å²) >= 11 is 0. The molecule has 2 aromatic rings. The van der Waals surface area contributed by atoms with Gasteiger partial charge in [0.05, 0.1) is 12.1 Å². The van der Waals surface area contributed by atoms with Crippen molar-refractivity contribution in [2.24, 2.45) is 10.9 Å². The summed E-state index contributed by atoms with van der Waals surface area (Å²) in [5, 5.41) is 11.7. The summed E-state index contributed by atoms with van der Waals surface area (Å²) < 4.78 is 1.64. The van der Waals surface area contributed by atoms with E-state index in [1.807, 2.05) is 39.0 Å². The fourth-order valence-electron chi connectivity index (χ4n) is 2.37. The van der Waals surface area contributed by atoms with Crippen LogP contribution in [0.4, 0.5) is 0 Å². The lowest BCUT2D eigenvalue weighted by molar-refractivity contribution is 0.318. The number of hydrogen-bond acceptors (Lipinski definition) is 3. The Labute approximate surface area is 123 Å². The summed E-state index contributed by atoms with van der Waals surface area (Å²) in [4.78, 5) is 12.5. The number of hydrogen-bond donors (Lipinski definition) is 2. The average molecular weight is 285 g/mol. The minimum atomic E-state index is -0.257. The molecule has 0 bridgehead atoms. The van der Waals surface area contributed by atoms with Gasteiger partial charge in [0, 0.05) is 5.69 Å². The molecule has 21 heavy (non-hydrogen) atoms. The Hall–Kier alpha value is -2.56. The summed E-state index contributed by atoms with van der Waals surface area (Å²) in [5.41, 5.74) is 9.71. The first-order valence-corrected chi connectivity index (χ1v) is 6.69. The van der Waals surface area contributed by atoms with Crippen molar-refractivity contribution < 1.29 is 5.21 Å². The van der Waals surface area contributed by atoms with Crippen LogP contribution in [-0.2, 0) is 6.54 Å².